The largest absolute Gasteiger partial charge is 0.480 e. The molecule has 0 radical (unpaired) electrons. The lowest BCUT2D eigenvalue weighted by atomic mass is 10.1. The van der Waals surface area contributed by atoms with E-state index in [-0.39, 0.29) is 6.03 Å². The van der Waals surface area contributed by atoms with Gasteiger partial charge in [0, 0.05) is 13.1 Å². The molecule has 1 fully saturated rings. The summed E-state index contributed by atoms with van der Waals surface area (Å²) in [5, 5.41) is 11.6. The van der Waals surface area contributed by atoms with Crippen LogP contribution in [0.5, 0.6) is 0 Å². The standard InChI is InChI=1S/C9H16N2O3/c1-2-4-7(8(12)13)11-6-3-5-10-9(11)14/h7H,2-6H2,1H3,(H,10,14)(H,12,13). The van der Waals surface area contributed by atoms with E-state index in [1.165, 1.54) is 4.90 Å². The first-order valence-electron chi connectivity index (χ1n) is 4.94. The summed E-state index contributed by atoms with van der Waals surface area (Å²) in [6, 6.07) is -0.919. The average Bonchev–Trinajstić information content (AvgIpc) is 2.15. The summed E-state index contributed by atoms with van der Waals surface area (Å²) in [5.74, 6) is -0.913. The van der Waals surface area contributed by atoms with Crippen molar-refractivity contribution in [2.24, 2.45) is 0 Å². The van der Waals surface area contributed by atoms with E-state index in [0.717, 1.165) is 12.8 Å². The molecule has 0 aromatic carbocycles. The van der Waals surface area contributed by atoms with Crippen LogP contribution in [0.1, 0.15) is 26.2 Å². The second kappa shape index (κ2) is 4.83. The Morgan fingerprint density at radius 1 is 1.71 bits per heavy atom. The normalized spacial score (nSPS) is 18.9. The van der Waals surface area contributed by atoms with Crippen LogP contribution < -0.4 is 5.32 Å². The van der Waals surface area contributed by atoms with Crippen LogP contribution >= 0.6 is 0 Å². The molecule has 0 saturated carbocycles. The van der Waals surface area contributed by atoms with E-state index < -0.39 is 12.0 Å². The van der Waals surface area contributed by atoms with Crippen LogP contribution in [0.4, 0.5) is 4.79 Å². The molecule has 1 saturated heterocycles. The fourth-order valence-corrected chi connectivity index (χ4v) is 1.63. The summed E-state index contributed by atoms with van der Waals surface area (Å²) < 4.78 is 0. The SMILES string of the molecule is CCCC(C(=O)O)N1CCCNC1=O. The zero-order chi connectivity index (χ0) is 10.6. The summed E-state index contributed by atoms with van der Waals surface area (Å²) in [6.45, 7) is 3.11. The number of aliphatic carboxylic acids is 1. The number of urea groups is 1. The number of carbonyl (C=O) groups is 2. The highest BCUT2D eigenvalue weighted by molar-refractivity contribution is 5.83. The highest BCUT2D eigenvalue weighted by Gasteiger charge is 2.30. The minimum absolute atomic E-state index is 0.253. The molecular weight excluding hydrogens is 184 g/mol. The molecule has 1 aliphatic heterocycles. The van der Waals surface area contributed by atoms with Crippen molar-refractivity contribution in [2.75, 3.05) is 13.1 Å². The molecule has 5 nitrogen and oxygen atoms in total. The number of hydrogen-bond donors (Lipinski definition) is 2. The molecule has 1 aliphatic rings. The molecule has 14 heavy (non-hydrogen) atoms. The van der Waals surface area contributed by atoms with Gasteiger partial charge in [-0.3, -0.25) is 0 Å². The highest BCUT2D eigenvalue weighted by atomic mass is 16.4. The summed E-state index contributed by atoms with van der Waals surface area (Å²) in [4.78, 5) is 23.7. The molecule has 0 spiro atoms. The van der Waals surface area contributed by atoms with E-state index >= 15 is 0 Å². The molecule has 1 atom stereocenters. The van der Waals surface area contributed by atoms with Crippen LogP contribution in [0.15, 0.2) is 0 Å². The van der Waals surface area contributed by atoms with E-state index in [1.54, 1.807) is 0 Å². The quantitative estimate of drug-likeness (QED) is 0.700. The van der Waals surface area contributed by atoms with Gasteiger partial charge in [0.1, 0.15) is 6.04 Å². The van der Waals surface area contributed by atoms with E-state index in [4.69, 9.17) is 5.11 Å². The van der Waals surface area contributed by atoms with E-state index in [0.29, 0.717) is 19.5 Å². The van der Waals surface area contributed by atoms with Crippen LogP contribution in [0.25, 0.3) is 0 Å². The number of hydrogen-bond acceptors (Lipinski definition) is 2. The van der Waals surface area contributed by atoms with Crippen molar-refractivity contribution in [3.8, 4) is 0 Å². The van der Waals surface area contributed by atoms with Gasteiger partial charge in [0.15, 0.2) is 0 Å². The minimum Gasteiger partial charge on any atom is -0.480 e. The molecule has 0 aliphatic carbocycles. The number of carboxylic acid groups (broad SMARTS) is 1. The van der Waals surface area contributed by atoms with Gasteiger partial charge < -0.3 is 15.3 Å². The van der Waals surface area contributed by atoms with Gasteiger partial charge >= 0.3 is 12.0 Å². The van der Waals surface area contributed by atoms with Crippen molar-refractivity contribution in [1.29, 1.82) is 0 Å². The van der Waals surface area contributed by atoms with Crippen LogP contribution in [-0.2, 0) is 4.79 Å². The van der Waals surface area contributed by atoms with E-state index in [2.05, 4.69) is 5.32 Å². The molecule has 2 N–H and O–H groups in total. The first-order chi connectivity index (χ1) is 6.66. The zero-order valence-corrected chi connectivity index (χ0v) is 8.32. The molecule has 2 amide bonds. The molecular formula is C9H16N2O3. The predicted molar refractivity (Wildman–Crippen MR) is 51.1 cm³/mol. The number of carbonyl (C=O) groups excluding carboxylic acids is 1. The molecule has 0 aromatic heterocycles. The minimum atomic E-state index is -0.913. The fraction of sp³-hybridized carbons (Fsp3) is 0.778. The van der Waals surface area contributed by atoms with Gasteiger partial charge in [0.05, 0.1) is 0 Å². The Labute approximate surface area is 83.1 Å². The maximum atomic E-state index is 11.4. The number of nitrogens with one attached hydrogen (secondary N) is 1. The summed E-state index contributed by atoms with van der Waals surface area (Å²) in [5.41, 5.74) is 0. The van der Waals surface area contributed by atoms with Gasteiger partial charge in [0.2, 0.25) is 0 Å². The number of amides is 2. The molecule has 1 unspecified atom stereocenters. The van der Waals surface area contributed by atoms with Crippen molar-refractivity contribution in [2.45, 2.75) is 32.2 Å². The third-order valence-electron chi connectivity index (χ3n) is 2.34. The first kappa shape index (κ1) is 10.8. The zero-order valence-electron chi connectivity index (χ0n) is 8.32. The van der Waals surface area contributed by atoms with Crippen LogP contribution in [-0.4, -0.2) is 41.1 Å². The second-order valence-electron chi connectivity index (χ2n) is 3.42. The van der Waals surface area contributed by atoms with Crippen LogP contribution in [0, 0.1) is 0 Å². The lowest BCUT2D eigenvalue weighted by Crippen LogP contribution is -2.53. The van der Waals surface area contributed by atoms with Crippen molar-refractivity contribution in [3.05, 3.63) is 0 Å². The second-order valence-corrected chi connectivity index (χ2v) is 3.42. The molecule has 1 heterocycles. The van der Waals surface area contributed by atoms with E-state index in [1.807, 2.05) is 6.92 Å². The number of rotatable bonds is 4. The van der Waals surface area contributed by atoms with Gasteiger partial charge in [-0.25, -0.2) is 9.59 Å². The van der Waals surface area contributed by atoms with E-state index in [9.17, 15) is 9.59 Å². The third-order valence-corrected chi connectivity index (χ3v) is 2.34. The first-order valence-corrected chi connectivity index (χ1v) is 4.94. The summed E-state index contributed by atoms with van der Waals surface area (Å²) in [6.07, 6.45) is 2.10. The Kier molecular flexibility index (Phi) is 3.73. The van der Waals surface area contributed by atoms with Gasteiger partial charge in [0.25, 0.3) is 0 Å². The Bertz CT molecular complexity index is 228. The lowest BCUT2D eigenvalue weighted by Gasteiger charge is -2.32. The Hall–Kier alpha value is -1.26. The van der Waals surface area contributed by atoms with Crippen LogP contribution in [0.3, 0.4) is 0 Å². The van der Waals surface area contributed by atoms with Gasteiger partial charge in [-0.05, 0) is 12.8 Å². The van der Waals surface area contributed by atoms with Crippen LogP contribution in [0.2, 0.25) is 0 Å². The van der Waals surface area contributed by atoms with Gasteiger partial charge in [-0.2, -0.15) is 0 Å². The molecule has 1 rings (SSSR count). The molecule has 0 aromatic rings. The fourth-order valence-electron chi connectivity index (χ4n) is 1.63. The Balaban J connectivity index is 2.65. The smallest absolute Gasteiger partial charge is 0.326 e. The Morgan fingerprint density at radius 2 is 2.43 bits per heavy atom. The van der Waals surface area contributed by atoms with Gasteiger partial charge in [-0.15, -0.1) is 0 Å². The van der Waals surface area contributed by atoms with Crippen molar-refractivity contribution >= 4 is 12.0 Å². The van der Waals surface area contributed by atoms with Crippen molar-refractivity contribution in [1.82, 2.24) is 10.2 Å². The topological polar surface area (TPSA) is 69.6 Å². The van der Waals surface area contributed by atoms with Gasteiger partial charge in [-0.1, -0.05) is 13.3 Å². The number of nitrogens with zero attached hydrogens (tertiary/aromatic N) is 1. The molecule has 0 bridgehead atoms. The average molecular weight is 200 g/mol. The monoisotopic (exact) mass is 200 g/mol. The van der Waals surface area contributed by atoms with Crippen molar-refractivity contribution in [3.63, 3.8) is 0 Å². The Morgan fingerprint density at radius 3 is 2.93 bits per heavy atom. The maximum absolute atomic E-state index is 11.4. The highest BCUT2D eigenvalue weighted by Crippen LogP contribution is 2.11. The molecule has 5 heteroatoms. The maximum Gasteiger partial charge on any atom is 0.326 e. The summed E-state index contributed by atoms with van der Waals surface area (Å²) >= 11 is 0. The van der Waals surface area contributed by atoms with Crippen molar-refractivity contribution < 1.29 is 14.7 Å². The summed E-state index contributed by atoms with van der Waals surface area (Å²) in [7, 11) is 0. The molecule has 80 valence electrons. The third kappa shape index (κ3) is 2.37. The lowest BCUT2D eigenvalue weighted by molar-refractivity contribution is -0.142. The predicted octanol–water partition coefficient (Wildman–Crippen LogP) is 0.655. The number of carboxylic acids is 1.